The second-order valence-corrected chi connectivity index (χ2v) is 15.4. The van der Waals surface area contributed by atoms with Crippen LogP contribution in [0.5, 0.6) is 0 Å². The summed E-state index contributed by atoms with van der Waals surface area (Å²) in [5.74, 6) is 0. The van der Waals surface area contributed by atoms with Crippen molar-refractivity contribution in [3.05, 3.63) is 174 Å². The molecule has 1 aliphatic rings. The topological polar surface area (TPSA) is 16.4 Å². The van der Waals surface area contributed by atoms with Crippen LogP contribution in [0.15, 0.2) is 162 Å². The van der Waals surface area contributed by atoms with E-state index in [4.69, 9.17) is 4.42 Å². The van der Waals surface area contributed by atoms with Crippen LogP contribution in [0.4, 0.5) is 17.1 Å². The standard InChI is InChI=1S/C49H41NO/c1-48(2,3)34-25-28-40-43(31-34)49(4,5)42-19-13-18-39(47(40)42)37-16-9-11-20-44(37)50(35-14-7-6-8-15-35)36-26-22-32(23-27-36)33-24-29-46-41(30-33)38-17-10-12-21-45(38)51-46/h6-31H,1-5H3. The Hall–Kier alpha value is -5.86. The van der Waals surface area contributed by atoms with Gasteiger partial charge in [-0.15, -0.1) is 0 Å². The molecule has 248 valence electrons. The van der Waals surface area contributed by atoms with Crippen molar-refractivity contribution in [2.24, 2.45) is 0 Å². The highest BCUT2D eigenvalue weighted by Crippen LogP contribution is 2.54. The van der Waals surface area contributed by atoms with Gasteiger partial charge in [0.05, 0.1) is 5.69 Å². The van der Waals surface area contributed by atoms with Gasteiger partial charge < -0.3 is 9.32 Å². The molecule has 0 saturated carbocycles. The van der Waals surface area contributed by atoms with Gasteiger partial charge in [0, 0.05) is 33.1 Å². The maximum absolute atomic E-state index is 6.11. The van der Waals surface area contributed by atoms with Crippen molar-refractivity contribution in [3.8, 4) is 33.4 Å². The van der Waals surface area contributed by atoms with Crippen LogP contribution in [0.3, 0.4) is 0 Å². The number of fused-ring (bicyclic) bond motifs is 6. The second-order valence-electron chi connectivity index (χ2n) is 15.4. The van der Waals surface area contributed by atoms with Gasteiger partial charge in [0.1, 0.15) is 11.2 Å². The summed E-state index contributed by atoms with van der Waals surface area (Å²) in [5.41, 5.74) is 16.8. The predicted molar refractivity (Wildman–Crippen MR) is 216 cm³/mol. The molecule has 1 heterocycles. The van der Waals surface area contributed by atoms with Gasteiger partial charge in [0.2, 0.25) is 0 Å². The van der Waals surface area contributed by atoms with Crippen molar-refractivity contribution >= 4 is 39.0 Å². The van der Waals surface area contributed by atoms with Gasteiger partial charge in [0.25, 0.3) is 0 Å². The Morgan fingerprint density at radius 3 is 1.96 bits per heavy atom. The number of hydrogen-bond donors (Lipinski definition) is 0. The molecule has 0 saturated heterocycles. The Morgan fingerprint density at radius 1 is 0.490 bits per heavy atom. The minimum Gasteiger partial charge on any atom is -0.456 e. The van der Waals surface area contributed by atoms with Crippen LogP contribution in [0, 0.1) is 0 Å². The summed E-state index contributed by atoms with van der Waals surface area (Å²) in [4.78, 5) is 2.40. The molecule has 1 aliphatic carbocycles. The van der Waals surface area contributed by atoms with Crippen molar-refractivity contribution in [2.75, 3.05) is 4.90 Å². The summed E-state index contributed by atoms with van der Waals surface area (Å²) in [6, 6.07) is 57.4. The summed E-state index contributed by atoms with van der Waals surface area (Å²) in [5, 5.41) is 2.28. The van der Waals surface area contributed by atoms with Crippen molar-refractivity contribution in [1.82, 2.24) is 0 Å². The van der Waals surface area contributed by atoms with E-state index in [0.717, 1.165) is 39.0 Å². The number of anilines is 3. The average Bonchev–Trinajstić information content (AvgIpc) is 3.64. The molecule has 0 unspecified atom stereocenters. The molecule has 0 radical (unpaired) electrons. The number of benzene rings is 7. The number of para-hydroxylation sites is 3. The van der Waals surface area contributed by atoms with E-state index < -0.39 is 0 Å². The molecule has 9 rings (SSSR count). The first-order valence-corrected chi connectivity index (χ1v) is 17.9. The van der Waals surface area contributed by atoms with E-state index in [1.54, 1.807) is 0 Å². The SMILES string of the molecule is CC(C)(C)c1ccc2c(c1)C(C)(C)c1cccc(-c3ccccc3N(c3ccccc3)c3ccc(-c4ccc5oc6ccccc6c5c4)cc3)c1-2. The van der Waals surface area contributed by atoms with Crippen molar-refractivity contribution in [3.63, 3.8) is 0 Å². The highest BCUT2D eigenvalue weighted by molar-refractivity contribution is 6.06. The lowest BCUT2D eigenvalue weighted by Gasteiger charge is -2.28. The summed E-state index contributed by atoms with van der Waals surface area (Å²) in [6.45, 7) is 11.7. The lowest BCUT2D eigenvalue weighted by Crippen LogP contribution is -2.17. The Morgan fingerprint density at radius 2 is 1.16 bits per heavy atom. The number of furan rings is 1. The Balaban J connectivity index is 1.18. The number of hydrogen-bond acceptors (Lipinski definition) is 2. The van der Waals surface area contributed by atoms with Gasteiger partial charge in [-0.2, -0.15) is 0 Å². The molecule has 7 aromatic carbocycles. The fraction of sp³-hybridized carbons (Fsp3) is 0.143. The fourth-order valence-electron chi connectivity index (χ4n) is 8.09. The lowest BCUT2D eigenvalue weighted by molar-refractivity contribution is 0.584. The molecule has 0 fully saturated rings. The maximum atomic E-state index is 6.11. The summed E-state index contributed by atoms with van der Waals surface area (Å²) in [7, 11) is 0. The minimum atomic E-state index is -0.0996. The molecule has 0 aliphatic heterocycles. The monoisotopic (exact) mass is 659 g/mol. The second kappa shape index (κ2) is 11.6. The third-order valence-electron chi connectivity index (χ3n) is 10.9. The largest absolute Gasteiger partial charge is 0.456 e. The quantitative estimate of drug-likeness (QED) is 0.183. The van der Waals surface area contributed by atoms with Crippen LogP contribution in [-0.4, -0.2) is 0 Å². The van der Waals surface area contributed by atoms with Gasteiger partial charge in [-0.25, -0.2) is 0 Å². The average molecular weight is 660 g/mol. The first-order valence-electron chi connectivity index (χ1n) is 17.9. The van der Waals surface area contributed by atoms with Gasteiger partial charge in [0.15, 0.2) is 0 Å². The molecule has 0 amide bonds. The smallest absolute Gasteiger partial charge is 0.135 e. The highest BCUT2D eigenvalue weighted by Gasteiger charge is 2.38. The van der Waals surface area contributed by atoms with Gasteiger partial charge >= 0.3 is 0 Å². The minimum absolute atomic E-state index is 0.0847. The maximum Gasteiger partial charge on any atom is 0.135 e. The molecule has 8 aromatic rings. The summed E-state index contributed by atoms with van der Waals surface area (Å²) < 4.78 is 6.11. The van der Waals surface area contributed by atoms with Crippen LogP contribution < -0.4 is 4.90 Å². The van der Waals surface area contributed by atoms with Crippen LogP contribution in [0.1, 0.15) is 51.3 Å². The Kier molecular flexibility index (Phi) is 7.09. The first kappa shape index (κ1) is 31.1. The van der Waals surface area contributed by atoms with Crippen LogP contribution in [0.25, 0.3) is 55.3 Å². The zero-order valence-corrected chi connectivity index (χ0v) is 29.9. The molecular weight excluding hydrogens is 619 g/mol. The van der Waals surface area contributed by atoms with E-state index in [0.29, 0.717) is 0 Å². The summed E-state index contributed by atoms with van der Waals surface area (Å²) in [6.07, 6.45) is 0. The third kappa shape index (κ3) is 5.09. The zero-order chi connectivity index (χ0) is 34.9. The molecule has 0 N–H and O–H groups in total. The van der Waals surface area contributed by atoms with E-state index in [1.165, 1.54) is 50.1 Å². The van der Waals surface area contributed by atoms with Crippen molar-refractivity contribution < 1.29 is 4.42 Å². The summed E-state index contributed by atoms with van der Waals surface area (Å²) >= 11 is 0. The predicted octanol–water partition coefficient (Wildman–Crippen LogP) is 14.0. The van der Waals surface area contributed by atoms with Crippen molar-refractivity contribution in [2.45, 2.75) is 45.4 Å². The van der Waals surface area contributed by atoms with E-state index >= 15 is 0 Å². The van der Waals surface area contributed by atoms with Crippen LogP contribution >= 0.6 is 0 Å². The van der Waals surface area contributed by atoms with Crippen molar-refractivity contribution in [1.29, 1.82) is 0 Å². The molecule has 2 heteroatoms. The molecule has 51 heavy (non-hydrogen) atoms. The lowest BCUT2D eigenvalue weighted by atomic mass is 9.79. The fourth-order valence-corrected chi connectivity index (χ4v) is 8.09. The molecule has 0 atom stereocenters. The van der Waals surface area contributed by atoms with Crippen LogP contribution in [-0.2, 0) is 10.8 Å². The van der Waals surface area contributed by atoms with E-state index in [2.05, 4.69) is 185 Å². The van der Waals surface area contributed by atoms with E-state index in [-0.39, 0.29) is 10.8 Å². The van der Waals surface area contributed by atoms with E-state index in [1.807, 2.05) is 12.1 Å². The van der Waals surface area contributed by atoms with Gasteiger partial charge in [-0.1, -0.05) is 144 Å². The Bertz CT molecular complexity index is 2580. The highest BCUT2D eigenvalue weighted by atomic mass is 16.3. The molecule has 1 aromatic heterocycles. The number of rotatable bonds is 5. The first-order chi connectivity index (χ1) is 24.7. The molecule has 0 bridgehead atoms. The molecular formula is C49H41NO. The van der Waals surface area contributed by atoms with E-state index in [9.17, 15) is 0 Å². The molecule has 0 spiro atoms. The van der Waals surface area contributed by atoms with Gasteiger partial charge in [-0.05, 0) is 98.5 Å². The third-order valence-corrected chi connectivity index (χ3v) is 10.9. The normalized spacial score (nSPS) is 13.4. The Labute approximate surface area is 300 Å². The van der Waals surface area contributed by atoms with Gasteiger partial charge in [-0.3, -0.25) is 0 Å². The number of nitrogens with zero attached hydrogens (tertiary/aromatic N) is 1. The zero-order valence-electron chi connectivity index (χ0n) is 29.9. The van der Waals surface area contributed by atoms with Crippen LogP contribution in [0.2, 0.25) is 0 Å². The molecule has 2 nitrogen and oxygen atoms in total.